The zero-order valence-corrected chi connectivity index (χ0v) is 16.5. The minimum Gasteiger partial charge on any atom is -0.370 e. The molecule has 2 aromatic rings. The highest BCUT2D eigenvalue weighted by molar-refractivity contribution is 5.96. The zero-order chi connectivity index (χ0) is 19.9. The monoisotopic (exact) mass is 381 g/mol. The molecule has 148 valence electrons. The second-order valence-corrected chi connectivity index (χ2v) is 7.13. The van der Waals surface area contributed by atoms with Crippen LogP contribution in [0, 0.1) is 6.92 Å². The van der Waals surface area contributed by atoms with Crippen molar-refractivity contribution in [1.82, 2.24) is 19.8 Å². The number of amides is 2. The Hall–Kier alpha value is -2.96. The molecule has 0 radical (unpaired) electrons. The summed E-state index contributed by atoms with van der Waals surface area (Å²) in [5.74, 6) is 0.666. The normalized spacial score (nSPS) is 16.3. The van der Waals surface area contributed by atoms with Gasteiger partial charge < -0.3 is 15.1 Å². The highest BCUT2D eigenvalue weighted by Crippen LogP contribution is 2.11. The molecule has 7 nitrogen and oxygen atoms in total. The van der Waals surface area contributed by atoms with E-state index in [-0.39, 0.29) is 18.4 Å². The Labute approximate surface area is 165 Å². The fourth-order valence-corrected chi connectivity index (χ4v) is 3.22. The van der Waals surface area contributed by atoms with E-state index in [9.17, 15) is 9.59 Å². The molecule has 2 aromatic heterocycles. The van der Waals surface area contributed by atoms with Crippen LogP contribution < -0.4 is 5.32 Å². The van der Waals surface area contributed by atoms with Crippen molar-refractivity contribution in [3.05, 3.63) is 53.5 Å². The Balaban J connectivity index is 1.79. The van der Waals surface area contributed by atoms with Gasteiger partial charge in [-0.2, -0.15) is 0 Å². The summed E-state index contributed by atoms with van der Waals surface area (Å²) in [5.41, 5.74) is 2.33. The number of aromatic nitrogens is 2. The number of fused-ring (bicyclic) bond motifs is 2. The Bertz CT molecular complexity index is 839. The third-order valence-corrected chi connectivity index (χ3v) is 4.83. The molecule has 3 heterocycles. The van der Waals surface area contributed by atoms with Crippen LogP contribution in [0.3, 0.4) is 0 Å². The number of likely N-dealkylation sites (N-methyl/N-ethyl adjacent to an activating group) is 1. The van der Waals surface area contributed by atoms with E-state index in [0.717, 1.165) is 43.0 Å². The lowest BCUT2D eigenvalue weighted by Gasteiger charge is -2.26. The second-order valence-electron chi connectivity index (χ2n) is 7.13. The fourth-order valence-electron chi connectivity index (χ4n) is 3.22. The van der Waals surface area contributed by atoms with E-state index in [1.54, 1.807) is 35.2 Å². The molecular weight excluding hydrogens is 354 g/mol. The Morgan fingerprint density at radius 1 is 1.18 bits per heavy atom. The largest absolute Gasteiger partial charge is 0.370 e. The van der Waals surface area contributed by atoms with Gasteiger partial charge in [-0.25, -0.2) is 4.98 Å². The lowest BCUT2D eigenvalue weighted by molar-refractivity contribution is -0.130. The fraction of sp³-hybridized carbons (Fsp3) is 0.429. The lowest BCUT2D eigenvalue weighted by Crippen LogP contribution is -2.42. The van der Waals surface area contributed by atoms with Gasteiger partial charge in [-0.1, -0.05) is 6.07 Å². The molecule has 0 saturated heterocycles. The summed E-state index contributed by atoms with van der Waals surface area (Å²) in [6.07, 6.45) is 3.93. The summed E-state index contributed by atoms with van der Waals surface area (Å²) in [7, 11) is 1.78. The van der Waals surface area contributed by atoms with E-state index in [0.29, 0.717) is 18.7 Å². The Kier molecular flexibility index (Phi) is 6.57. The number of hydrogen-bond acceptors (Lipinski definition) is 5. The molecule has 1 aliphatic heterocycles. The third kappa shape index (κ3) is 5.28. The molecule has 0 aliphatic carbocycles. The summed E-state index contributed by atoms with van der Waals surface area (Å²) in [4.78, 5) is 37.8. The first-order chi connectivity index (χ1) is 13.5. The SMILES string of the molecule is Cc1cc(C(=O)N2CCCc3cccc(n3)NCCCN(C)C(=O)C2)ccn1. The predicted octanol–water partition coefficient (Wildman–Crippen LogP) is 2.13. The maximum Gasteiger partial charge on any atom is 0.254 e. The van der Waals surface area contributed by atoms with Crippen LogP contribution >= 0.6 is 0 Å². The van der Waals surface area contributed by atoms with Crippen LogP contribution in [0.4, 0.5) is 5.82 Å². The van der Waals surface area contributed by atoms with Crippen molar-refractivity contribution in [1.29, 1.82) is 0 Å². The number of carbonyl (C=O) groups is 2. The van der Waals surface area contributed by atoms with Crippen LogP contribution in [0.2, 0.25) is 0 Å². The van der Waals surface area contributed by atoms with Gasteiger partial charge in [0.05, 0.1) is 0 Å². The highest BCUT2D eigenvalue weighted by Gasteiger charge is 2.21. The van der Waals surface area contributed by atoms with Gasteiger partial charge in [-0.05, 0) is 50.5 Å². The van der Waals surface area contributed by atoms with Crippen LogP contribution in [0.25, 0.3) is 0 Å². The molecule has 7 heteroatoms. The molecule has 0 spiro atoms. The maximum absolute atomic E-state index is 13.0. The highest BCUT2D eigenvalue weighted by atomic mass is 16.2. The summed E-state index contributed by atoms with van der Waals surface area (Å²) >= 11 is 0. The minimum absolute atomic E-state index is 0.0483. The van der Waals surface area contributed by atoms with Crippen molar-refractivity contribution in [3.63, 3.8) is 0 Å². The van der Waals surface area contributed by atoms with Crippen molar-refractivity contribution in [3.8, 4) is 0 Å². The average Bonchev–Trinajstić information content (AvgIpc) is 2.69. The molecule has 0 atom stereocenters. The van der Waals surface area contributed by atoms with Crippen molar-refractivity contribution in [2.75, 3.05) is 38.5 Å². The van der Waals surface area contributed by atoms with Gasteiger partial charge >= 0.3 is 0 Å². The van der Waals surface area contributed by atoms with E-state index in [1.807, 2.05) is 25.1 Å². The van der Waals surface area contributed by atoms with E-state index >= 15 is 0 Å². The molecule has 0 fully saturated rings. The molecule has 28 heavy (non-hydrogen) atoms. The van der Waals surface area contributed by atoms with Crippen LogP contribution in [0.1, 0.15) is 34.6 Å². The van der Waals surface area contributed by atoms with Gasteiger partial charge in [-0.15, -0.1) is 0 Å². The van der Waals surface area contributed by atoms with E-state index in [1.165, 1.54) is 0 Å². The summed E-state index contributed by atoms with van der Waals surface area (Å²) in [5, 5.41) is 3.31. The Morgan fingerprint density at radius 2 is 2.04 bits per heavy atom. The topological polar surface area (TPSA) is 78.4 Å². The smallest absolute Gasteiger partial charge is 0.254 e. The number of aryl methyl sites for hydroxylation is 2. The summed E-state index contributed by atoms with van der Waals surface area (Å²) in [6, 6.07) is 9.40. The van der Waals surface area contributed by atoms with Gasteiger partial charge in [0.15, 0.2) is 0 Å². The number of nitrogens with one attached hydrogen (secondary N) is 1. The number of hydrogen-bond donors (Lipinski definition) is 1. The van der Waals surface area contributed by atoms with Gasteiger partial charge in [0.2, 0.25) is 5.91 Å². The van der Waals surface area contributed by atoms with Crippen molar-refractivity contribution in [2.45, 2.75) is 26.2 Å². The van der Waals surface area contributed by atoms with Crippen molar-refractivity contribution in [2.24, 2.45) is 0 Å². The van der Waals surface area contributed by atoms with E-state index in [4.69, 9.17) is 0 Å². The number of nitrogens with zero attached hydrogens (tertiary/aromatic N) is 4. The molecule has 2 bridgehead atoms. The Morgan fingerprint density at radius 3 is 2.86 bits per heavy atom. The lowest BCUT2D eigenvalue weighted by atomic mass is 10.1. The van der Waals surface area contributed by atoms with Crippen LogP contribution in [0.15, 0.2) is 36.5 Å². The van der Waals surface area contributed by atoms with Crippen LogP contribution in [-0.4, -0.2) is 64.8 Å². The zero-order valence-electron chi connectivity index (χ0n) is 16.5. The average molecular weight is 381 g/mol. The first kappa shape index (κ1) is 19.8. The van der Waals surface area contributed by atoms with Gasteiger partial charge in [0.1, 0.15) is 12.4 Å². The molecular formula is C21H27N5O2. The number of carbonyl (C=O) groups excluding carboxylic acids is 2. The molecule has 0 aromatic carbocycles. The van der Waals surface area contributed by atoms with Gasteiger partial charge in [-0.3, -0.25) is 14.6 Å². The summed E-state index contributed by atoms with van der Waals surface area (Å²) in [6.45, 7) is 3.80. The van der Waals surface area contributed by atoms with Crippen molar-refractivity contribution >= 4 is 17.6 Å². The van der Waals surface area contributed by atoms with Crippen LogP contribution in [-0.2, 0) is 11.2 Å². The second kappa shape index (κ2) is 9.30. The van der Waals surface area contributed by atoms with Gasteiger partial charge in [0.25, 0.3) is 5.91 Å². The molecule has 2 amide bonds. The standard InChI is InChI=1S/C21H27N5O2/c1-16-14-17(9-11-22-16)21(28)26-13-4-7-18-6-3-8-19(24-18)23-10-5-12-25(2)20(27)15-26/h3,6,8-9,11,14H,4-5,7,10,12-13,15H2,1-2H3,(H,23,24). The molecule has 0 saturated carbocycles. The molecule has 0 unspecified atom stereocenters. The molecule has 3 rings (SSSR count). The van der Waals surface area contributed by atoms with E-state index in [2.05, 4.69) is 15.3 Å². The third-order valence-electron chi connectivity index (χ3n) is 4.83. The quantitative estimate of drug-likeness (QED) is 0.819. The summed E-state index contributed by atoms with van der Waals surface area (Å²) < 4.78 is 0. The van der Waals surface area contributed by atoms with Crippen molar-refractivity contribution < 1.29 is 9.59 Å². The van der Waals surface area contributed by atoms with Crippen LogP contribution in [0.5, 0.6) is 0 Å². The maximum atomic E-state index is 13.0. The first-order valence-corrected chi connectivity index (χ1v) is 9.68. The molecule has 1 N–H and O–H groups in total. The minimum atomic E-state index is -0.136. The van der Waals surface area contributed by atoms with E-state index < -0.39 is 0 Å². The number of anilines is 1. The first-order valence-electron chi connectivity index (χ1n) is 9.68. The number of rotatable bonds is 1. The van der Waals surface area contributed by atoms with Gasteiger partial charge in [0, 0.05) is 49.8 Å². The molecule has 1 aliphatic rings. The number of pyridine rings is 2. The predicted molar refractivity (Wildman–Crippen MR) is 108 cm³/mol.